The molecule has 0 aliphatic heterocycles. The maximum atomic E-state index is 11.6. The monoisotopic (exact) mass is 222 g/mol. The molecule has 0 atom stereocenters. The first-order valence-corrected chi connectivity index (χ1v) is 4.98. The van der Waals surface area contributed by atoms with E-state index in [9.17, 15) is 9.59 Å². The van der Waals surface area contributed by atoms with Crippen LogP contribution in [0.2, 0.25) is 0 Å². The molecule has 0 fully saturated rings. The average Bonchev–Trinajstić information content (AvgIpc) is 2.26. The third-order valence-corrected chi connectivity index (χ3v) is 1.91. The highest BCUT2D eigenvalue weighted by atomic mass is 16.4. The molecule has 86 valence electrons. The van der Waals surface area contributed by atoms with Crippen LogP contribution in [0.1, 0.15) is 34.7 Å². The van der Waals surface area contributed by atoms with Gasteiger partial charge in [-0.15, -0.1) is 0 Å². The maximum Gasteiger partial charge on any atom is 0.354 e. The fraction of sp³-hybridized carbons (Fsp3) is 0.364. The molecular formula is C11H14N2O3. The highest BCUT2D eigenvalue weighted by molar-refractivity contribution is 5.96. The quantitative estimate of drug-likeness (QED) is 0.801. The summed E-state index contributed by atoms with van der Waals surface area (Å²) >= 11 is 0. The zero-order valence-corrected chi connectivity index (χ0v) is 9.23. The second-order valence-electron chi connectivity index (χ2n) is 3.84. The van der Waals surface area contributed by atoms with Crippen molar-refractivity contribution in [1.29, 1.82) is 0 Å². The molecule has 0 bridgehead atoms. The van der Waals surface area contributed by atoms with Gasteiger partial charge in [0.25, 0.3) is 5.91 Å². The van der Waals surface area contributed by atoms with Gasteiger partial charge >= 0.3 is 5.97 Å². The fourth-order valence-electron chi connectivity index (χ4n) is 1.09. The van der Waals surface area contributed by atoms with Gasteiger partial charge in [-0.2, -0.15) is 0 Å². The van der Waals surface area contributed by atoms with Gasteiger partial charge < -0.3 is 10.4 Å². The van der Waals surface area contributed by atoms with E-state index in [2.05, 4.69) is 10.3 Å². The lowest BCUT2D eigenvalue weighted by molar-refractivity contribution is 0.0690. The van der Waals surface area contributed by atoms with Crippen molar-refractivity contribution in [2.24, 2.45) is 5.92 Å². The molecule has 16 heavy (non-hydrogen) atoms. The van der Waals surface area contributed by atoms with Crippen LogP contribution in [0.3, 0.4) is 0 Å². The van der Waals surface area contributed by atoms with Crippen molar-refractivity contribution in [1.82, 2.24) is 10.3 Å². The first-order chi connectivity index (χ1) is 7.50. The van der Waals surface area contributed by atoms with E-state index in [0.717, 1.165) is 0 Å². The number of amides is 1. The van der Waals surface area contributed by atoms with Crippen molar-refractivity contribution >= 4 is 11.9 Å². The molecule has 0 aliphatic rings. The molecule has 1 aromatic heterocycles. The zero-order valence-electron chi connectivity index (χ0n) is 9.23. The van der Waals surface area contributed by atoms with Crippen LogP contribution in [0.15, 0.2) is 18.3 Å². The average molecular weight is 222 g/mol. The number of pyridine rings is 1. The second kappa shape index (κ2) is 5.25. The third kappa shape index (κ3) is 3.34. The van der Waals surface area contributed by atoms with E-state index < -0.39 is 5.97 Å². The molecule has 0 saturated carbocycles. The zero-order chi connectivity index (χ0) is 12.1. The summed E-state index contributed by atoms with van der Waals surface area (Å²) in [5.74, 6) is -1.07. The van der Waals surface area contributed by atoms with Crippen LogP contribution in [0.4, 0.5) is 0 Å². The van der Waals surface area contributed by atoms with Crippen LogP contribution in [0, 0.1) is 5.92 Å². The summed E-state index contributed by atoms with van der Waals surface area (Å²) in [5, 5.41) is 11.4. The highest BCUT2D eigenvalue weighted by Gasteiger charge is 2.10. The number of rotatable bonds is 4. The standard InChI is InChI=1S/C11H14N2O3/c1-7(2)6-13-10(14)8-3-4-12-9(5-8)11(15)16/h3-5,7H,6H2,1-2H3,(H,13,14)(H,15,16). The second-order valence-corrected chi connectivity index (χ2v) is 3.84. The molecule has 0 spiro atoms. The van der Waals surface area contributed by atoms with Crippen LogP contribution in [-0.4, -0.2) is 28.5 Å². The summed E-state index contributed by atoms with van der Waals surface area (Å²) in [6.45, 7) is 4.52. The molecule has 1 amide bonds. The number of nitrogens with one attached hydrogen (secondary N) is 1. The third-order valence-electron chi connectivity index (χ3n) is 1.91. The van der Waals surface area contributed by atoms with Crippen molar-refractivity contribution in [3.8, 4) is 0 Å². The Morgan fingerprint density at radius 3 is 2.75 bits per heavy atom. The number of hydrogen-bond donors (Lipinski definition) is 2. The summed E-state index contributed by atoms with van der Waals surface area (Å²) in [7, 11) is 0. The Morgan fingerprint density at radius 2 is 2.19 bits per heavy atom. The van der Waals surface area contributed by atoms with E-state index in [4.69, 9.17) is 5.11 Å². The molecule has 0 radical (unpaired) electrons. The maximum absolute atomic E-state index is 11.6. The van der Waals surface area contributed by atoms with Crippen molar-refractivity contribution < 1.29 is 14.7 Å². The van der Waals surface area contributed by atoms with Gasteiger partial charge in [0.05, 0.1) is 0 Å². The summed E-state index contributed by atoms with van der Waals surface area (Å²) in [6.07, 6.45) is 1.31. The molecule has 1 heterocycles. The van der Waals surface area contributed by atoms with Crippen LogP contribution >= 0.6 is 0 Å². The van der Waals surface area contributed by atoms with E-state index in [1.807, 2.05) is 13.8 Å². The lowest BCUT2D eigenvalue weighted by Gasteiger charge is -2.07. The van der Waals surface area contributed by atoms with Gasteiger partial charge in [-0.1, -0.05) is 13.8 Å². The predicted octanol–water partition coefficient (Wildman–Crippen LogP) is 1.17. The molecule has 1 rings (SSSR count). The number of carbonyl (C=O) groups is 2. The molecule has 0 aromatic carbocycles. The van der Waals surface area contributed by atoms with E-state index in [1.54, 1.807) is 0 Å². The minimum absolute atomic E-state index is 0.128. The Morgan fingerprint density at radius 1 is 1.50 bits per heavy atom. The lowest BCUT2D eigenvalue weighted by atomic mass is 10.2. The summed E-state index contributed by atoms with van der Waals surface area (Å²) in [4.78, 5) is 25.9. The van der Waals surface area contributed by atoms with Gasteiger partial charge in [-0.05, 0) is 18.1 Å². The lowest BCUT2D eigenvalue weighted by Crippen LogP contribution is -2.27. The van der Waals surface area contributed by atoms with Crippen LogP contribution < -0.4 is 5.32 Å². The van der Waals surface area contributed by atoms with Crippen molar-refractivity contribution in [2.45, 2.75) is 13.8 Å². The van der Waals surface area contributed by atoms with Crippen molar-refractivity contribution in [2.75, 3.05) is 6.54 Å². The van der Waals surface area contributed by atoms with Gasteiger partial charge in [-0.3, -0.25) is 4.79 Å². The molecule has 5 nitrogen and oxygen atoms in total. The van der Waals surface area contributed by atoms with Gasteiger partial charge in [0, 0.05) is 18.3 Å². The van der Waals surface area contributed by atoms with Crippen molar-refractivity contribution in [3.05, 3.63) is 29.6 Å². The van der Waals surface area contributed by atoms with Gasteiger partial charge in [0.15, 0.2) is 0 Å². The molecular weight excluding hydrogens is 208 g/mol. The molecule has 5 heteroatoms. The van der Waals surface area contributed by atoms with Crippen LogP contribution in [0.25, 0.3) is 0 Å². The van der Waals surface area contributed by atoms with E-state index in [-0.39, 0.29) is 11.6 Å². The number of nitrogens with zero attached hydrogens (tertiary/aromatic N) is 1. The minimum atomic E-state index is -1.14. The Hall–Kier alpha value is -1.91. The van der Waals surface area contributed by atoms with Gasteiger partial charge in [0.2, 0.25) is 0 Å². The van der Waals surface area contributed by atoms with E-state index in [0.29, 0.717) is 18.0 Å². The Labute approximate surface area is 93.5 Å². The summed E-state index contributed by atoms with van der Waals surface area (Å²) < 4.78 is 0. The minimum Gasteiger partial charge on any atom is -0.477 e. The molecule has 0 unspecified atom stereocenters. The topological polar surface area (TPSA) is 79.3 Å². The first-order valence-electron chi connectivity index (χ1n) is 4.98. The molecule has 1 aromatic rings. The molecule has 0 aliphatic carbocycles. The van der Waals surface area contributed by atoms with E-state index in [1.165, 1.54) is 18.3 Å². The number of carbonyl (C=O) groups excluding carboxylic acids is 1. The normalized spacial score (nSPS) is 10.2. The fourth-order valence-corrected chi connectivity index (χ4v) is 1.09. The number of hydrogen-bond acceptors (Lipinski definition) is 3. The molecule has 0 saturated heterocycles. The Balaban J connectivity index is 2.76. The first kappa shape index (κ1) is 12.2. The predicted molar refractivity (Wildman–Crippen MR) is 58.4 cm³/mol. The smallest absolute Gasteiger partial charge is 0.354 e. The summed E-state index contributed by atoms with van der Waals surface area (Å²) in [6, 6.07) is 2.75. The number of carboxylic acid groups (broad SMARTS) is 1. The number of aromatic nitrogens is 1. The van der Waals surface area contributed by atoms with E-state index >= 15 is 0 Å². The van der Waals surface area contributed by atoms with Crippen molar-refractivity contribution in [3.63, 3.8) is 0 Å². The van der Waals surface area contributed by atoms with Crippen LogP contribution in [0.5, 0.6) is 0 Å². The Bertz CT molecular complexity index is 402. The Kier molecular flexibility index (Phi) is 3.99. The molecule has 2 N–H and O–H groups in total. The highest BCUT2D eigenvalue weighted by Crippen LogP contribution is 2.02. The van der Waals surface area contributed by atoms with Gasteiger partial charge in [-0.25, -0.2) is 9.78 Å². The largest absolute Gasteiger partial charge is 0.477 e. The van der Waals surface area contributed by atoms with Crippen LogP contribution in [-0.2, 0) is 0 Å². The number of carboxylic acids is 1. The van der Waals surface area contributed by atoms with Gasteiger partial charge in [0.1, 0.15) is 5.69 Å². The SMILES string of the molecule is CC(C)CNC(=O)c1ccnc(C(=O)O)c1. The number of aromatic carboxylic acids is 1. The summed E-state index contributed by atoms with van der Waals surface area (Å²) in [5.41, 5.74) is 0.185.